The van der Waals surface area contributed by atoms with E-state index in [0.717, 1.165) is 22.4 Å². The zero-order chi connectivity index (χ0) is 35.8. The van der Waals surface area contributed by atoms with Gasteiger partial charge in [-0.15, -0.1) is 11.3 Å². The van der Waals surface area contributed by atoms with Crippen LogP contribution in [-0.2, 0) is 25.6 Å². The van der Waals surface area contributed by atoms with Gasteiger partial charge < -0.3 is 33.2 Å². The van der Waals surface area contributed by atoms with E-state index in [1.807, 2.05) is 54.8 Å². The summed E-state index contributed by atoms with van der Waals surface area (Å²) in [4.78, 5) is 74.6. The van der Waals surface area contributed by atoms with E-state index in [4.69, 9.17) is 17.2 Å². The van der Waals surface area contributed by atoms with Crippen molar-refractivity contribution in [1.29, 1.82) is 0 Å². The first kappa shape index (κ1) is 38.9. The largest absolute Gasteiger partial charge is 0.370 e. The van der Waals surface area contributed by atoms with Gasteiger partial charge in [0.2, 0.25) is 29.4 Å². The van der Waals surface area contributed by atoms with Gasteiger partial charge in [0, 0.05) is 25.3 Å². The summed E-state index contributed by atoms with van der Waals surface area (Å²) in [6, 6.07) is 13.2. The number of guanidine groups is 1. The number of nitrogens with one attached hydrogen (secondary N) is 3. The second-order valence-corrected chi connectivity index (χ2v) is 13.7. The zero-order valence-electron chi connectivity index (χ0n) is 27.9. The lowest BCUT2D eigenvalue weighted by molar-refractivity contribution is -0.133. The molecule has 15 heteroatoms. The molecule has 0 fully saturated rings. The Bertz CT molecular complexity index is 1560. The van der Waals surface area contributed by atoms with Crippen molar-refractivity contribution in [3.8, 4) is 0 Å². The van der Waals surface area contributed by atoms with Crippen LogP contribution in [0.3, 0.4) is 0 Å². The highest BCUT2D eigenvalue weighted by Gasteiger charge is 2.31. The fraction of sp³-hybridized carbons (Fsp3) is 0.441. The summed E-state index contributed by atoms with van der Waals surface area (Å²) in [5, 5.41) is 8.60. The Kier molecular flexibility index (Phi) is 16.0. The number of nitrogens with zero attached hydrogens (tertiary/aromatic N) is 2. The molecule has 2 aromatic carbocycles. The van der Waals surface area contributed by atoms with Gasteiger partial charge in [-0.3, -0.25) is 29.0 Å². The molecule has 4 amide bonds. The molecule has 3 aromatic rings. The molecule has 264 valence electrons. The molecule has 0 aliphatic carbocycles. The van der Waals surface area contributed by atoms with E-state index >= 15 is 0 Å². The number of benzene rings is 2. The minimum absolute atomic E-state index is 0.0480. The minimum atomic E-state index is -1.13. The molecule has 0 radical (unpaired) electrons. The van der Waals surface area contributed by atoms with Crippen molar-refractivity contribution >= 4 is 68.7 Å². The summed E-state index contributed by atoms with van der Waals surface area (Å²) in [6.07, 6.45) is 3.93. The molecule has 49 heavy (non-hydrogen) atoms. The van der Waals surface area contributed by atoms with Crippen molar-refractivity contribution in [2.24, 2.45) is 28.1 Å². The van der Waals surface area contributed by atoms with E-state index in [2.05, 4.69) is 25.9 Å². The van der Waals surface area contributed by atoms with Crippen LogP contribution in [0.15, 0.2) is 59.6 Å². The van der Waals surface area contributed by atoms with Crippen molar-refractivity contribution in [2.75, 3.05) is 18.6 Å². The number of Topliss-reactive ketones (excluding diaryl/α,β-unsaturated/α-hetero) is 1. The molecule has 0 unspecified atom stereocenters. The highest BCUT2D eigenvalue weighted by molar-refractivity contribution is 7.98. The second kappa shape index (κ2) is 20.1. The van der Waals surface area contributed by atoms with Gasteiger partial charge in [0.25, 0.3) is 0 Å². The zero-order valence-corrected chi connectivity index (χ0v) is 29.5. The summed E-state index contributed by atoms with van der Waals surface area (Å²) in [5.41, 5.74) is 17.7. The van der Waals surface area contributed by atoms with Crippen LogP contribution in [0.1, 0.15) is 60.8 Å². The van der Waals surface area contributed by atoms with E-state index < -0.39 is 35.8 Å². The summed E-state index contributed by atoms with van der Waals surface area (Å²) >= 11 is 2.91. The number of hydrogen-bond donors (Lipinski definition) is 6. The number of aliphatic imine (C=N–C) groups is 1. The molecule has 0 aliphatic heterocycles. The maximum atomic E-state index is 14.0. The maximum Gasteiger partial charge on any atom is 0.243 e. The van der Waals surface area contributed by atoms with Crippen LogP contribution < -0.4 is 33.2 Å². The van der Waals surface area contributed by atoms with Gasteiger partial charge in [0.15, 0.2) is 11.0 Å². The fourth-order valence-electron chi connectivity index (χ4n) is 5.04. The lowest BCUT2D eigenvalue weighted by atomic mass is 10.0. The number of carbonyl (C=O) groups excluding carboxylic acids is 5. The van der Waals surface area contributed by atoms with Crippen LogP contribution in [0.4, 0.5) is 0 Å². The summed E-state index contributed by atoms with van der Waals surface area (Å²) < 4.78 is 0.827. The molecule has 1 aromatic heterocycles. The minimum Gasteiger partial charge on any atom is -0.370 e. The third-order valence-electron chi connectivity index (χ3n) is 7.74. The molecule has 13 nitrogen and oxygen atoms in total. The fourth-order valence-corrected chi connectivity index (χ4v) is 6.45. The van der Waals surface area contributed by atoms with Crippen molar-refractivity contribution in [3.05, 3.63) is 65.2 Å². The van der Waals surface area contributed by atoms with E-state index in [-0.39, 0.29) is 60.8 Å². The Morgan fingerprint density at radius 2 is 1.47 bits per heavy atom. The number of primary amides is 1. The van der Waals surface area contributed by atoms with Crippen molar-refractivity contribution in [1.82, 2.24) is 20.9 Å². The van der Waals surface area contributed by atoms with Gasteiger partial charge in [-0.05, 0) is 61.8 Å². The molecule has 0 bridgehead atoms. The first-order chi connectivity index (χ1) is 23.5. The number of rotatable bonds is 21. The molecule has 0 aliphatic rings. The van der Waals surface area contributed by atoms with E-state index in [9.17, 15) is 24.0 Å². The Hall–Kier alpha value is -4.50. The molecule has 9 N–H and O–H groups in total. The lowest BCUT2D eigenvalue weighted by Gasteiger charge is -2.26. The van der Waals surface area contributed by atoms with Crippen LogP contribution in [0.5, 0.6) is 0 Å². The lowest BCUT2D eigenvalue weighted by Crippen LogP contribution is -2.56. The monoisotopic (exact) mass is 710 g/mol. The van der Waals surface area contributed by atoms with E-state index in [0.29, 0.717) is 18.4 Å². The van der Waals surface area contributed by atoms with Gasteiger partial charge in [0.1, 0.15) is 12.1 Å². The number of nitrogens with two attached hydrogens (primary N) is 3. The van der Waals surface area contributed by atoms with Crippen LogP contribution in [0.2, 0.25) is 0 Å². The molecule has 4 atom stereocenters. The first-order valence-electron chi connectivity index (χ1n) is 16.2. The number of fused-ring (bicyclic) bond motifs is 1. The van der Waals surface area contributed by atoms with E-state index in [1.54, 1.807) is 24.8 Å². The molecular formula is C34H46N8O5S2. The number of ketones is 1. The molecule has 3 rings (SSSR count). The van der Waals surface area contributed by atoms with Crippen LogP contribution >= 0.6 is 23.1 Å². The first-order valence-corrected chi connectivity index (χ1v) is 18.4. The standard InChI is InChI=1S/C34H46N8O5S2/c1-21(10-9-19-48-2)30(45)40-25(16-17-28(35)43)31(46)41-26(20-22-11-4-3-5-12-22)32(47)39-24(14-8-18-38-34(36)37)29(44)33-42-23-13-6-7-15-27(23)49-33/h3-7,11-13,15,21,24-26H,8-10,14,16-20H2,1-2H3,(H2,35,43)(H,39,47)(H,40,45)(H,41,46)(H4,36,37,38)/t21-,24-,25-,26-/m0/s1. The van der Waals surface area contributed by atoms with Gasteiger partial charge in [-0.1, -0.05) is 49.4 Å². The topological polar surface area (TPSA) is 225 Å². The van der Waals surface area contributed by atoms with Gasteiger partial charge in [-0.25, -0.2) is 4.98 Å². The Morgan fingerprint density at radius 1 is 0.816 bits per heavy atom. The third-order valence-corrected chi connectivity index (χ3v) is 9.49. The highest BCUT2D eigenvalue weighted by atomic mass is 32.2. The molecule has 1 heterocycles. The molecular weight excluding hydrogens is 665 g/mol. The smallest absolute Gasteiger partial charge is 0.243 e. The Labute approximate surface area is 294 Å². The number of aromatic nitrogens is 1. The average molecular weight is 711 g/mol. The number of amides is 4. The maximum absolute atomic E-state index is 14.0. The summed E-state index contributed by atoms with van der Waals surface area (Å²) in [7, 11) is 0. The van der Waals surface area contributed by atoms with E-state index in [1.165, 1.54) is 11.3 Å². The number of para-hydroxylation sites is 1. The quantitative estimate of drug-likeness (QED) is 0.0412. The highest BCUT2D eigenvalue weighted by Crippen LogP contribution is 2.23. The Morgan fingerprint density at radius 3 is 2.14 bits per heavy atom. The predicted molar refractivity (Wildman–Crippen MR) is 195 cm³/mol. The van der Waals surface area contributed by atoms with Gasteiger partial charge >= 0.3 is 0 Å². The normalized spacial score (nSPS) is 13.4. The molecule has 0 saturated carbocycles. The predicted octanol–water partition coefficient (Wildman–Crippen LogP) is 2.27. The summed E-state index contributed by atoms with van der Waals surface area (Å²) in [5.74, 6) is -2.16. The average Bonchev–Trinajstić information content (AvgIpc) is 3.52. The SMILES string of the molecule is CSCCC[C@H](C)C(=O)N[C@@H](CCC(N)=O)C(=O)N[C@@H](Cc1ccccc1)C(=O)N[C@@H](CCCN=C(N)N)C(=O)c1nc2ccccc2s1. The van der Waals surface area contributed by atoms with Gasteiger partial charge in [-0.2, -0.15) is 11.8 Å². The molecule has 0 saturated heterocycles. The number of thiazole rings is 1. The van der Waals surface area contributed by atoms with Crippen LogP contribution in [0, 0.1) is 5.92 Å². The van der Waals surface area contributed by atoms with Crippen molar-refractivity contribution < 1.29 is 24.0 Å². The number of carbonyl (C=O) groups is 5. The second-order valence-electron chi connectivity index (χ2n) is 11.7. The number of thioether (sulfide) groups is 1. The third kappa shape index (κ3) is 13.1. The van der Waals surface area contributed by atoms with Crippen molar-refractivity contribution in [2.45, 2.75) is 70.0 Å². The van der Waals surface area contributed by atoms with Crippen molar-refractivity contribution in [3.63, 3.8) is 0 Å². The number of hydrogen-bond acceptors (Lipinski definition) is 9. The van der Waals surface area contributed by atoms with Crippen LogP contribution in [-0.4, -0.2) is 77.0 Å². The molecule has 0 spiro atoms. The van der Waals surface area contributed by atoms with Gasteiger partial charge in [0.05, 0.1) is 16.3 Å². The Balaban J connectivity index is 1.86. The summed E-state index contributed by atoms with van der Waals surface area (Å²) in [6.45, 7) is 2.02. The van der Waals surface area contributed by atoms with Crippen LogP contribution in [0.25, 0.3) is 10.2 Å².